The molecule has 1 saturated heterocycles. The second-order valence-corrected chi connectivity index (χ2v) is 3.26. The Hall–Kier alpha value is -0.800. The summed E-state index contributed by atoms with van der Waals surface area (Å²) < 4.78 is 5.01. The van der Waals surface area contributed by atoms with Crippen LogP contribution < -0.4 is 5.32 Å². The highest BCUT2D eigenvalue weighted by molar-refractivity contribution is 5.16. The van der Waals surface area contributed by atoms with E-state index in [1.807, 2.05) is 6.07 Å². The lowest BCUT2D eigenvalue weighted by Gasteiger charge is -2.13. The van der Waals surface area contributed by atoms with Crippen LogP contribution in [-0.4, -0.2) is 24.8 Å². The highest BCUT2D eigenvalue weighted by Gasteiger charge is 2.28. The van der Waals surface area contributed by atoms with Gasteiger partial charge < -0.3 is 14.8 Å². The smallest absolute Gasteiger partial charge is 0.0937 e. The van der Waals surface area contributed by atoms with Crippen molar-refractivity contribution in [3.05, 3.63) is 24.2 Å². The minimum atomic E-state index is 0.253. The van der Waals surface area contributed by atoms with E-state index in [0.29, 0.717) is 11.8 Å². The van der Waals surface area contributed by atoms with E-state index in [1.54, 1.807) is 12.5 Å². The summed E-state index contributed by atoms with van der Waals surface area (Å²) in [6.45, 7) is 2.11. The van der Waals surface area contributed by atoms with Crippen LogP contribution in [0.5, 0.6) is 0 Å². The summed E-state index contributed by atoms with van der Waals surface area (Å²) >= 11 is 0. The van der Waals surface area contributed by atoms with Crippen LogP contribution in [-0.2, 0) is 0 Å². The molecule has 0 bridgehead atoms. The van der Waals surface area contributed by atoms with E-state index >= 15 is 0 Å². The number of aliphatic hydroxyl groups is 1. The Balaban J connectivity index is 2.13. The molecule has 1 aliphatic heterocycles. The molecule has 0 saturated carbocycles. The third-order valence-corrected chi connectivity index (χ3v) is 2.55. The van der Waals surface area contributed by atoms with E-state index in [-0.39, 0.29) is 6.61 Å². The van der Waals surface area contributed by atoms with Crippen molar-refractivity contribution in [2.24, 2.45) is 5.92 Å². The monoisotopic (exact) mass is 167 g/mol. The Labute approximate surface area is 71.4 Å². The molecule has 1 aromatic heterocycles. The minimum Gasteiger partial charge on any atom is -0.472 e. The Morgan fingerprint density at radius 3 is 3.17 bits per heavy atom. The number of aliphatic hydroxyl groups excluding tert-OH is 1. The van der Waals surface area contributed by atoms with Crippen molar-refractivity contribution >= 4 is 0 Å². The second kappa shape index (κ2) is 3.29. The molecule has 12 heavy (non-hydrogen) atoms. The van der Waals surface area contributed by atoms with Crippen LogP contribution in [0.1, 0.15) is 11.5 Å². The summed E-state index contributed by atoms with van der Waals surface area (Å²) in [6, 6.07) is 1.97. The van der Waals surface area contributed by atoms with Gasteiger partial charge in [0.25, 0.3) is 0 Å². The van der Waals surface area contributed by atoms with Gasteiger partial charge in [0.05, 0.1) is 12.5 Å². The normalized spacial score (nSPS) is 29.4. The molecule has 1 aliphatic rings. The summed E-state index contributed by atoms with van der Waals surface area (Å²) in [7, 11) is 0. The van der Waals surface area contributed by atoms with Gasteiger partial charge in [-0.25, -0.2) is 0 Å². The Bertz CT molecular complexity index is 233. The average Bonchev–Trinajstić information content (AvgIpc) is 2.74. The molecule has 2 atom stereocenters. The third-order valence-electron chi connectivity index (χ3n) is 2.55. The molecule has 0 radical (unpaired) electrons. The van der Waals surface area contributed by atoms with Crippen LogP contribution in [0.2, 0.25) is 0 Å². The summed E-state index contributed by atoms with van der Waals surface area (Å²) in [5.41, 5.74) is 1.19. The van der Waals surface area contributed by atoms with Crippen LogP contribution >= 0.6 is 0 Å². The topological polar surface area (TPSA) is 45.4 Å². The van der Waals surface area contributed by atoms with Crippen molar-refractivity contribution in [1.82, 2.24) is 5.32 Å². The molecule has 2 N–H and O–H groups in total. The molecular weight excluding hydrogens is 154 g/mol. The summed E-state index contributed by atoms with van der Waals surface area (Å²) in [6.07, 6.45) is 3.45. The Kier molecular flexibility index (Phi) is 2.15. The van der Waals surface area contributed by atoms with Gasteiger partial charge in [-0.05, 0) is 11.6 Å². The largest absolute Gasteiger partial charge is 0.472 e. The standard InChI is InChI=1S/C9H13NO2/c11-5-8-3-10-4-9(8)7-1-2-12-6-7/h1-2,6,8-11H,3-5H2/t8-,9-/m0/s1. The molecule has 0 aromatic carbocycles. The predicted molar refractivity (Wildman–Crippen MR) is 44.9 cm³/mol. The van der Waals surface area contributed by atoms with Crippen molar-refractivity contribution in [2.75, 3.05) is 19.7 Å². The fourth-order valence-corrected chi connectivity index (χ4v) is 1.80. The fourth-order valence-electron chi connectivity index (χ4n) is 1.80. The second-order valence-electron chi connectivity index (χ2n) is 3.26. The fraction of sp³-hybridized carbons (Fsp3) is 0.556. The zero-order valence-electron chi connectivity index (χ0n) is 6.86. The van der Waals surface area contributed by atoms with Gasteiger partial charge in [-0.15, -0.1) is 0 Å². The van der Waals surface area contributed by atoms with Crippen molar-refractivity contribution in [3.8, 4) is 0 Å². The lowest BCUT2D eigenvalue weighted by atomic mass is 9.91. The van der Waals surface area contributed by atoms with Crippen molar-refractivity contribution in [3.63, 3.8) is 0 Å². The first kappa shape index (κ1) is 7.83. The molecular formula is C9H13NO2. The van der Waals surface area contributed by atoms with Crippen LogP contribution in [0.3, 0.4) is 0 Å². The van der Waals surface area contributed by atoms with Gasteiger partial charge in [-0.2, -0.15) is 0 Å². The Morgan fingerprint density at radius 2 is 2.50 bits per heavy atom. The Morgan fingerprint density at radius 1 is 1.58 bits per heavy atom. The van der Waals surface area contributed by atoms with Crippen molar-refractivity contribution in [2.45, 2.75) is 5.92 Å². The number of furan rings is 1. The number of hydrogen-bond donors (Lipinski definition) is 2. The maximum absolute atomic E-state index is 9.06. The molecule has 2 rings (SSSR count). The molecule has 2 heterocycles. The number of nitrogens with one attached hydrogen (secondary N) is 1. The van der Waals surface area contributed by atoms with Crippen molar-refractivity contribution < 1.29 is 9.52 Å². The first-order chi connectivity index (χ1) is 5.92. The SMILES string of the molecule is OC[C@@H]1CNC[C@H]1c1ccoc1. The first-order valence-corrected chi connectivity index (χ1v) is 4.25. The molecule has 66 valence electrons. The zero-order valence-corrected chi connectivity index (χ0v) is 6.86. The first-order valence-electron chi connectivity index (χ1n) is 4.25. The lowest BCUT2D eigenvalue weighted by molar-refractivity contribution is 0.226. The molecule has 0 aliphatic carbocycles. The zero-order chi connectivity index (χ0) is 8.39. The van der Waals surface area contributed by atoms with Gasteiger partial charge in [0, 0.05) is 31.5 Å². The van der Waals surface area contributed by atoms with E-state index in [1.165, 1.54) is 5.56 Å². The molecule has 0 spiro atoms. The predicted octanol–water partition coefficient (Wildman–Crippen LogP) is 0.575. The van der Waals surface area contributed by atoms with Crippen molar-refractivity contribution in [1.29, 1.82) is 0 Å². The summed E-state index contributed by atoms with van der Waals surface area (Å²) in [4.78, 5) is 0. The lowest BCUT2D eigenvalue weighted by Crippen LogP contribution is -2.14. The van der Waals surface area contributed by atoms with E-state index in [4.69, 9.17) is 9.52 Å². The molecule has 0 amide bonds. The van der Waals surface area contributed by atoms with Gasteiger partial charge in [-0.1, -0.05) is 0 Å². The van der Waals surface area contributed by atoms with E-state index < -0.39 is 0 Å². The molecule has 3 heteroatoms. The van der Waals surface area contributed by atoms with Gasteiger partial charge in [0.15, 0.2) is 0 Å². The molecule has 0 unspecified atom stereocenters. The maximum atomic E-state index is 9.06. The molecule has 1 fully saturated rings. The number of hydrogen-bond acceptors (Lipinski definition) is 3. The molecule has 1 aromatic rings. The highest BCUT2D eigenvalue weighted by atomic mass is 16.3. The quantitative estimate of drug-likeness (QED) is 0.677. The minimum absolute atomic E-state index is 0.253. The maximum Gasteiger partial charge on any atom is 0.0937 e. The highest BCUT2D eigenvalue weighted by Crippen LogP contribution is 2.27. The van der Waals surface area contributed by atoms with Crippen LogP contribution in [0, 0.1) is 5.92 Å². The van der Waals surface area contributed by atoms with Gasteiger partial charge in [-0.3, -0.25) is 0 Å². The summed E-state index contributed by atoms with van der Waals surface area (Å²) in [5.74, 6) is 0.774. The van der Waals surface area contributed by atoms with Crippen LogP contribution in [0.15, 0.2) is 23.0 Å². The van der Waals surface area contributed by atoms with Gasteiger partial charge in [0.2, 0.25) is 0 Å². The third kappa shape index (κ3) is 1.26. The van der Waals surface area contributed by atoms with E-state index in [9.17, 15) is 0 Å². The van der Waals surface area contributed by atoms with Gasteiger partial charge in [0.1, 0.15) is 0 Å². The van der Waals surface area contributed by atoms with Crippen LogP contribution in [0.25, 0.3) is 0 Å². The van der Waals surface area contributed by atoms with Crippen LogP contribution in [0.4, 0.5) is 0 Å². The van der Waals surface area contributed by atoms with E-state index in [0.717, 1.165) is 13.1 Å². The van der Waals surface area contributed by atoms with E-state index in [2.05, 4.69) is 5.32 Å². The number of rotatable bonds is 2. The molecule has 3 nitrogen and oxygen atoms in total. The average molecular weight is 167 g/mol. The summed E-state index contributed by atoms with van der Waals surface area (Å²) in [5, 5.41) is 12.3. The van der Waals surface area contributed by atoms with Gasteiger partial charge >= 0.3 is 0 Å².